The fourth-order valence-electron chi connectivity index (χ4n) is 1.45. The molecule has 4 nitrogen and oxygen atoms in total. The van der Waals surface area contributed by atoms with Crippen molar-refractivity contribution < 1.29 is 12.1 Å². The van der Waals surface area contributed by atoms with Crippen LogP contribution in [-0.4, -0.2) is 18.9 Å². The highest BCUT2D eigenvalue weighted by Crippen LogP contribution is 2.24. The summed E-state index contributed by atoms with van der Waals surface area (Å²) in [6.07, 6.45) is 0. The molecule has 98 valence electrons. The summed E-state index contributed by atoms with van der Waals surface area (Å²) in [7, 11) is -3.62. The molecule has 1 heterocycles. The lowest BCUT2D eigenvalue weighted by Crippen LogP contribution is -3.16. The molecule has 1 unspecified atom stereocenters. The maximum absolute atomic E-state index is 12.4. The van der Waals surface area contributed by atoms with Gasteiger partial charge < -0.3 is 16.5 Å². The van der Waals surface area contributed by atoms with Crippen molar-refractivity contribution in [1.29, 1.82) is 0 Å². The monoisotopic (exact) mass is 302 g/mol. The molecule has 0 saturated heterocycles. The first kappa shape index (κ1) is 13.8. The van der Waals surface area contributed by atoms with Crippen molar-refractivity contribution in [3.63, 3.8) is 0 Å². The average Bonchev–Trinajstić information content (AvgIpc) is 2.70. The number of para-hydroxylation sites is 1. The van der Waals surface area contributed by atoms with Crippen LogP contribution in [0, 0.1) is 0 Å². The zero-order chi connectivity index (χ0) is 13.6. The fraction of sp³-hybridized carbons (Fsp3) is 0.364. The molecule has 7 heteroatoms. The third-order valence-corrected chi connectivity index (χ3v) is 7.02. The predicted molar refractivity (Wildman–Crippen MR) is 74.9 cm³/mol. The van der Waals surface area contributed by atoms with Crippen LogP contribution in [0.2, 0.25) is 0 Å². The van der Waals surface area contributed by atoms with Crippen molar-refractivity contribution in [2.24, 2.45) is 0 Å². The first-order valence-electron chi connectivity index (χ1n) is 5.38. The van der Waals surface area contributed by atoms with Gasteiger partial charge in [0.1, 0.15) is 0 Å². The van der Waals surface area contributed by atoms with Gasteiger partial charge in [0.25, 0.3) is 4.34 Å². The molecule has 0 aliphatic carbocycles. The van der Waals surface area contributed by atoms with Crippen LogP contribution in [0.15, 0.2) is 28.6 Å². The average molecular weight is 302 g/mol. The number of sulfonamides is 1. The summed E-state index contributed by atoms with van der Waals surface area (Å²) in [5.74, 6) is 0. The Hall–Kier alpha value is -0.630. The second-order valence-electron chi connectivity index (χ2n) is 4.99. The molecule has 0 amide bonds. The molecule has 0 radical (unpaired) electrons. The van der Waals surface area contributed by atoms with Gasteiger partial charge in [-0.1, -0.05) is 23.5 Å². The smallest absolute Gasteiger partial charge is 0.336 e. The first-order chi connectivity index (χ1) is 8.23. The molecule has 1 aromatic carbocycles. The van der Waals surface area contributed by atoms with Gasteiger partial charge in [-0.2, -0.15) is 8.42 Å². The number of thiazole rings is 1. The van der Waals surface area contributed by atoms with E-state index in [0.717, 1.165) is 16.0 Å². The van der Waals surface area contributed by atoms with E-state index in [2.05, 4.69) is 4.98 Å². The number of nitrogens with one attached hydrogen (secondary N) is 1. The van der Waals surface area contributed by atoms with E-state index < -0.39 is 15.6 Å². The van der Waals surface area contributed by atoms with E-state index in [1.54, 1.807) is 26.8 Å². The van der Waals surface area contributed by atoms with Gasteiger partial charge in [-0.3, -0.25) is 0 Å². The van der Waals surface area contributed by atoms with Gasteiger partial charge in [-0.25, -0.2) is 4.98 Å². The van der Waals surface area contributed by atoms with Crippen molar-refractivity contribution in [1.82, 2.24) is 4.98 Å². The van der Waals surface area contributed by atoms with Crippen molar-refractivity contribution >= 4 is 44.4 Å². The second kappa shape index (κ2) is 4.48. The topological polar surface area (TPSA) is 51.5 Å². The van der Waals surface area contributed by atoms with Crippen LogP contribution in [0.3, 0.4) is 0 Å². The lowest BCUT2D eigenvalue weighted by Gasteiger charge is -2.34. The number of benzene rings is 1. The van der Waals surface area contributed by atoms with E-state index in [-0.39, 0.29) is 8.05 Å². The highest BCUT2D eigenvalue weighted by Gasteiger charge is 2.32. The van der Waals surface area contributed by atoms with Crippen molar-refractivity contribution in [2.75, 3.05) is 0 Å². The molecule has 0 spiro atoms. The SMILES string of the molecule is CC(C)(C)[NH+]([S-])S(=O)(=O)c1nc2ccccc2s1. The Balaban J connectivity index is 2.54. The minimum Gasteiger partial charge on any atom is -0.476 e. The van der Waals surface area contributed by atoms with Crippen LogP contribution in [-0.2, 0) is 22.8 Å². The first-order valence-corrected chi connectivity index (χ1v) is 8.09. The molecule has 0 bridgehead atoms. The van der Waals surface area contributed by atoms with Crippen LogP contribution in [0.5, 0.6) is 0 Å². The Morgan fingerprint density at radius 2 is 1.89 bits per heavy atom. The molecule has 18 heavy (non-hydrogen) atoms. The van der Waals surface area contributed by atoms with Crippen LogP contribution in [0.1, 0.15) is 20.8 Å². The van der Waals surface area contributed by atoms with Crippen LogP contribution in [0.4, 0.5) is 0 Å². The van der Waals surface area contributed by atoms with Gasteiger partial charge in [-0.05, 0) is 32.9 Å². The molecular weight excluding hydrogens is 288 g/mol. The Bertz CT molecular complexity index is 638. The summed E-state index contributed by atoms with van der Waals surface area (Å²) in [4.78, 5) is 4.16. The van der Waals surface area contributed by atoms with Gasteiger partial charge in [-0.15, -0.1) is 0 Å². The summed E-state index contributed by atoms with van der Waals surface area (Å²) in [5.41, 5.74) is 0.129. The molecular formula is C11H14N2O2S3. The number of hydrogen-bond acceptors (Lipinski definition) is 5. The molecule has 0 saturated carbocycles. The highest BCUT2D eigenvalue weighted by molar-refractivity contribution is 7.90. The summed E-state index contributed by atoms with van der Waals surface area (Å²) in [6, 6.07) is 7.34. The number of quaternary nitrogens is 1. The molecule has 2 aromatic rings. The van der Waals surface area contributed by atoms with E-state index in [0.29, 0.717) is 5.52 Å². The van der Waals surface area contributed by atoms with E-state index >= 15 is 0 Å². The van der Waals surface area contributed by atoms with Gasteiger partial charge in [0.2, 0.25) is 0 Å². The number of rotatable bonds is 2. The Labute approximate surface area is 116 Å². The quantitative estimate of drug-likeness (QED) is 0.845. The zero-order valence-corrected chi connectivity index (χ0v) is 12.7. The molecule has 0 aliphatic heterocycles. The summed E-state index contributed by atoms with van der Waals surface area (Å²) in [5, 5.41) is 0. The van der Waals surface area contributed by atoms with Crippen molar-refractivity contribution in [2.45, 2.75) is 30.6 Å². The minimum atomic E-state index is -3.62. The summed E-state index contributed by atoms with van der Waals surface area (Å²) in [6.45, 7) is 5.38. The lowest BCUT2D eigenvalue weighted by molar-refractivity contribution is -0.672. The maximum atomic E-state index is 12.4. The van der Waals surface area contributed by atoms with Gasteiger partial charge in [0, 0.05) is 0 Å². The fourth-order valence-corrected chi connectivity index (χ4v) is 4.68. The van der Waals surface area contributed by atoms with E-state index in [9.17, 15) is 8.42 Å². The van der Waals surface area contributed by atoms with E-state index in [1.807, 2.05) is 18.2 Å². The third-order valence-electron chi connectivity index (χ3n) is 2.36. The Morgan fingerprint density at radius 3 is 2.44 bits per heavy atom. The molecule has 1 atom stereocenters. The predicted octanol–water partition coefficient (Wildman–Crippen LogP) is 1.13. The van der Waals surface area contributed by atoms with Gasteiger partial charge in [0.05, 0.1) is 15.8 Å². The molecule has 0 aliphatic rings. The van der Waals surface area contributed by atoms with Gasteiger partial charge in [0.15, 0.2) is 0 Å². The Morgan fingerprint density at radius 1 is 1.28 bits per heavy atom. The molecule has 1 aromatic heterocycles. The lowest BCUT2D eigenvalue weighted by atomic mass is 10.1. The highest BCUT2D eigenvalue weighted by atomic mass is 32.3. The van der Waals surface area contributed by atoms with E-state index in [4.69, 9.17) is 12.8 Å². The number of fused-ring (bicyclic) bond motifs is 1. The minimum absolute atomic E-state index is 0.0362. The normalized spacial score (nSPS) is 14.9. The van der Waals surface area contributed by atoms with Crippen LogP contribution < -0.4 is 3.71 Å². The van der Waals surface area contributed by atoms with Gasteiger partial charge >= 0.3 is 10.0 Å². The standard InChI is InChI=1S/C11H14N2O2S3/c1-11(2,3)13(16)18(14,15)10-12-8-6-4-5-7-9(8)17-10/h4-7,13H,1-3H3. The maximum Gasteiger partial charge on any atom is 0.336 e. The zero-order valence-electron chi connectivity index (χ0n) is 10.3. The number of nitrogens with zero attached hydrogens (tertiary/aromatic N) is 1. The van der Waals surface area contributed by atoms with Crippen molar-refractivity contribution in [3.05, 3.63) is 24.3 Å². The van der Waals surface area contributed by atoms with Crippen LogP contribution in [0.25, 0.3) is 10.2 Å². The van der Waals surface area contributed by atoms with E-state index in [1.165, 1.54) is 0 Å². The third kappa shape index (κ3) is 2.40. The number of aromatic nitrogens is 1. The number of hydrogen-bond donors (Lipinski definition) is 1. The summed E-state index contributed by atoms with van der Waals surface area (Å²) >= 11 is 6.25. The summed E-state index contributed by atoms with van der Waals surface area (Å²) < 4.78 is 25.7. The van der Waals surface area contributed by atoms with Crippen LogP contribution >= 0.6 is 11.3 Å². The second-order valence-corrected chi connectivity index (χ2v) is 8.75. The molecule has 2 rings (SSSR count). The Kier molecular flexibility index (Phi) is 3.44. The largest absolute Gasteiger partial charge is 0.476 e. The van der Waals surface area contributed by atoms with Crippen molar-refractivity contribution in [3.8, 4) is 0 Å². The molecule has 0 fully saturated rings. The molecule has 1 N–H and O–H groups in total.